The molecule has 0 spiro atoms. The van der Waals surface area contributed by atoms with Crippen LogP contribution in [0.1, 0.15) is 60.8 Å². The molecule has 0 amide bonds. The highest BCUT2D eigenvalue weighted by Gasteiger charge is 2.14. The van der Waals surface area contributed by atoms with Crippen LogP contribution in [0.3, 0.4) is 0 Å². The van der Waals surface area contributed by atoms with Gasteiger partial charge in [-0.3, -0.25) is 4.79 Å². The van der Waals surface area contributed by atoms with Gasteiger partial charge in [0.2, 0.25) is 0 Å². The van der Waals surface area contributed by atoms with Crippen molar-refractivity contribution in [2.45, 2.75) is 66.9 Å². The Hall–Kier alpha value is -1.05. The van der Waals surface area contributed by atoms with Crippen molar-refractivity contribution in [3.05, 3.63) is 23.3 Å². The second kappa shape index (κ2) is 8.12. The number of carbonyl (C=O) groups is 1. The van der Waals surface area contributed by atoms with Crippen LogP contribution in [0.5, 0.6) is 0 Å². The van der Waals surface area contributed by atoms with Crippen molar-refractivity contribution in [2.75, 3.05) is 0 Å². The van der Waals surface area contributed by atoms with Crippen LogP contribution in [-0.4, -0.2) is 12.1 Å². The van der Waals surface area contributed by atoms with Crippen molar-refractivity contribution in [3.8, 4) is 0 Å². The fourth-order valence-corrected chi connectivity index (χ4v) is 2.27. The van der Waals surface area contributed by atoms with Crippen molar-refractivity contribution in [2.24, 2.45) is 5.92 Å². The molecule has 0 aromatic carbocycles. The van der Waals surface area contributed by atoms with Crippen LogP contribution in [-0.2, 0) is 9.53 Å². The Kier molecular flexibility index (Phi) is 7.65. The Morgan fingerprint density at radius 2 is 1.72 bits per heavy atom. The molecule has 0 radical (unpaired) electrons. The van der Waals surface area contributed by atoms with Gasteiger partial charge in [0.15, 0.2) is 0 Å². The molecule has 0 aliphatic heterocycles. The van der Waals surface area contributed by atoms with Crippen molar-refractivity contribution >= 4 is 5.97 Å². The van der Waals surface area contributed by atoms with Gasteiger partial charge in [-0.1, -0.05) is 31.6 Å². The zero-order valence-corrected chi connectivity index (χ0v) is 11.5. The molecule has 2 nitrogen and oxygen atoms in total. The van der Waals surface area contributed by atoms with E-state index < -0.39 is 0 Å². The molecular weight excluding hydrogens is 224 g/mol. The van der Waals surface area contributed by atoms with Crippen molar-refractivity contribution in [3.63, 3.8) is 0 Å². The number of carbonyl (C=O) groups excluding carboxylic acids is 1. The molecule has 2 rings (SSSR count). The third-order valence-electron chi connectivity index (χ3n) is 3.17. The summed E-state index contributed by atoms with van der Waals surface area (Å²) in [5.41, 5.74) is 2.90. The standard InChI is InChI=1S/C8H12O2.C7H12.CH4/c1-6-3-4-8(5-6)10-7(2)9;1-6-3-4-7(2)5-6;/h5,8H,3-4H2,1-2H3;5-6H,3-4H2,1-2H3;1H4/t8-;6-;/m00./s1. The van der Waals surface area contributed by atoms with Gasteiger partial charge in [-0.25, -0.2) is 0 Å². The molecule has 18 heavy (non-hydrogen) atoms. The zero-order chi connectivity index (χ0) is 12.8. The maximum atomic E-state index is 10.5. The molecule has 0 N–H and O–H groups in total. The first-order chi connectivity index (χ1) is 7.97. The molecule has 0 aromatic heterocycles. The quantitative estimate of drug-likeness (QED) is 0.501. The van der Waals surface area contributed by atoms with E-state index in [9.17, 15) is 4.79 Å². The Bertz CT molecular complexity index is 326. The Morgan fingerprint density at radius 1 is 1.17 bits per heavy atom. The maximum absolute atomic E-state index is 10.5. The van der Waals surface area contributed by atoms with Gasteiger partial charge < -0.3 is 4.74 Å². The summed E-state index contributed by atoms with van der Waals surface area (Å²) in [6.45, 7) is 7.99. The molecule has 2 atom stereocenters. The number of hydrogen-bond donors (Lipinski definition) is 0. The molecule has 0 saturated heterocycles. The first-order valence-electron chi connectivity index (χ1n) is 6.49. The van der Waals surface area contributed by atoms with Gasteiger partial charge in [-0.15, -0.1) is 0 Å². The molecule has 104 valence electrons. The third-order valence-corrected chi connectivity index (χ3v) is 3.17. The minimum Gasteiger partial charge on any atom is -0.458 e. The second-order valence-corrected chi connectivity index (χ2v) is 5.23. The monoisotopic (exact) mass is 252 g/mol. The highest BCUT2D eigenvalue weighted by molar-refractivity contribution is 5.66. The lowest BCUT2D eigenvalue weighted by Gasteiger charge is -2.05. The molecule has 2 heteroatoms. The van der Waals surface area contributed by atoms with E-state index in [2.05, 4.69) is 26.8 Å². The average Bonchev–Trinajstić information content (AvgIpc) is 2.76. The summed E-state index contributed by atoms with van der Waals surface area (Å²) in [6, 6.07) is 0. The lowest BCUT2D eigenvalue weighted by Crippen LogP contribution is -2.09. The first kappa shape index (κ1) is 16.9. The van der Waals surface area contributed by atoms with Crippen molar-refractivity contribution in [1.82, 2.24) is 0 Å². The Morgan fingerprint density at radius 3 is 2.00 bits per heavy atom. The largest absolute Gasteiger partial charge is 0.458 e. The lowest BCUT2D eigenvalue weighted by atomic mass is 10.2. The molecular formula is C16H28O2. The minimum atomic E-state index is -0.184. The fourth-order valence-electron chi connectivity index (χ4n) is 2.27. The number of esters is 1. The highest BCUT2D eigenvalue weighted by atomic mass is 16.5. The Labute approximate surface area is 112 Å². The number of allylic oxidation sites excluding steroid dienone is 3. The minimum absolute atomic E-state index is 0. The Balaban J connectivity index is 0.000000321. The van der Waals surface area contributed by atoms with Gasteiger partial charge in [-0.2, -0.15) is 0 Å². The van der Waals surface area contributed by atoms with Crippen molar-refractivity contribution < 1.29 is 9.53 Å². The normalized spacial score (nSPS) is 25.3. The predicted octanol–water partition coefficient (Wildman–Crippen LogP) is 4.66. The van der Waals surface area contributed by atoms with Crippen LogP contribution in [0.2, 0.25) is 0 Å². The van der Waals surface area contributed by atoms with Crippen molar-refractivity contribution in [1.29, 1.82) is 0 Å². The van der Waals surface area contributed by atoms with E-state index in [1.54, 1.807) is 5.57 Å². The fraction of sp³-hybridized carbons (Fsp3) is 0.688. The van der Waals surface area contributed by atoms with Crippen LogP contribution >= 0.6 is 0 Å². The summed E-state index contributed by atoms with van der Waals surface area (Å²) in [5, 5.41) is 0. The average molecular weight is 252 g/mol. The van der Waals surface area contributed by atoms with Crippen LogP contribution < -0.4 is 0 Å². The zero-order valence-electron chi connectivity index (χ0n) is 11.5. The first-order valence-corrected chi connectivity index (χ1v) is 6.49. The van der Waals surface area contributed by atoms with Crippen LogP contribution in [0.25, 0.3) is 0 Å². The molecule has 0 fully saturated rings. The summed E-state index contributed by atoms with van der Waals surface area (Å²) >= 11 is 0. The number of rotatable bonds is 1. The van der Waals surface area contributed by atoms with Gasteiger partial charge in [0.05, 0.1) is 0 Å². The number of hydrogen-bond acceptors (Lipinski definition) is 2. The topological polar surface area (TPSA) is 26.3 Å². The third kappa shape index (κ3) is 6.63. The summed E-state index contributed by atoms with van der Waals surface area (Å²) < 4.78 is 4.97. The lowest BCUT2D eigenvalue weighted by molar-refractivity contribution is -0.144. The van der Waals surface area contributed by atoms with Gasteiger partial charge in [0.25, 0.3) is 0 Å². The van der Waals surface area contributed by atoms with Crippen LogP contribution in [0.4, 0.5) is 0 Å². The van der Waals surface area contributed by atoms with E-state index in [1.165, 1.54) is 25.3 Å². The van der Waals surface area contributed by atoms with Gasteiger partial charge >= 0.3 is 5.97 Å². The van der Waals surface area contributed by atoms with E-state index >= 15 is 0 Å². The van der Waals surface area contributed by atoms with E-state index in [1.807, 2.05) is 6.08 Å². The summed E-state index contributed by atoms with van der Waals surface area (Å²) in [6.07, 6.45) is 9.18. The maximum Gasteiger partial charge on any atom is 0.303 e. The predicted molar refractivity (Wildman–Crippen MR) is 77.4 cm³/mol. The summed E-state index contributed by atoms with van der Waals surface area (Å²) in [7, 11) is 0. The smallest absolute Gasteiger partial charge is 0.303 e. The second-order valence-electron chi connectivity index (χ2n) is 5.23. The molecule has 2 aliphatic rings. The van der Waals surface area contributed by atoms with E-state index in [4.69, 9.17) is 4.74 Å². The van der Waals surface area contributed by atoms with E-state index in [0.29, 0.717) is 0 Å². The summed E-state index contributed by atoms with van der Waals surface area (Å²) in [5.74, 6) is 0.677. The molecule has 0 heterocycles. The number of ether oxygens (including phenoxy) is 1. The molecule has 0 bridgehead atoms. The summed E-state index contributed by atoms with van der Waals surface area (Å²) in [4.78, 5) is 10.5. The molecule has 0 aromatic rings. The van der Waals surface area contributed by atoms with Gasteiger partial charge in [0, 0.05) is 6.92 Å². The molecule has 0 unspecified atom stereocenters. The van der Waals surface area contributed by atoms with E-state index in [0.717, 1.165) is 18.8 Å². The van der Waals surface area contributed by atoms with E-state index in [-0.39, 0.29) is 19.5 Å². The van der Waals surface area contributed by atoms with Gasteiger partial charge in [-0.05, 0) is 51.5 Å². The van der Waals surface area contributed by atoms with Gasteiger partial charge in [0.1, 0.15) is 6.10 Å². The molecule has 2 aliphatic carbocycles. The van der Waals surface area contributed by atoms with Crippen LogP contribution in [0, 0.1) is 5.92 Å². The van der Waals surface area contributed by atoms with Crippen LogP contribution in [0.15, 0.2) is 23.3 Å². The molecule has 0 saturated carbocycles. The highest BCUT2D eigenvalue weighted by Crippen LogP contribution is 2.22. The SMILES string of the molecule is C.CC(=O)O[C@@H]1C=C(C)CC1.CC1=C[C@@H](C)CC1.